The fourth-order valence-corrected chi connectivity index (χ4v) is 4.24. The van der Waals surface area contributed by atoms with Crippen molar-refractivity contribution in [2.45, 2.75) is 38.6 Å². The number of aromatic nitrogens is 2. The summed E-state index contributed by atoms with van der Waals surface area (Å²) in [5.74, 6) is 1.86. The van der Waals surface area contributed by atoms with Gasteiger partial charge in [0, 0.05) is 29.6 Å². The molecule has 2 aromatic heterocycles. The minimum absolute atomic E-state index is 0.105. The van der Waals surface area contributed by atoms with Crippen LogP contribution in [0.5, 0.6) is 5.75 Å². The van der Waals surface area contributed by atoms with Crippen LogP contribution in [-0.2, 0) is 5.54 Å². The quantitative estimate of drug-likeness (QED) is 0.431. The monoisotopic (exact) mass is 470 g/mol. The summed E-state index contributed by atoms with van der Waals surface area (Å²) in [6.07, 6.45) is 6.62. The van der Waals surface area contributed by atoms with E-state index in [4.69, 9.17) is 9.15 Å². The first-order chi connectivity index (χ1) is 17.0. The average Bonchev–Trinajstić information content (AvgIpc) is 3.47. The first kappa shape index (κ1) is 23.1. The Bertz CT molecular complexity index is 1370. The highest BCUT2D eigenvalue weighted by molar-refractivity contribution is 5.98. The Morgan fingerprint density at radius 2 is 1.89 bits per heavy atom. The zero-order valence-corrected chi connectivity index (χ0v) is 20.4. The van der Waals surface area contributed by atoms with Crippen molar-refractivity contribution in [3.05, 3.63) is 77.4 Å². The SMILES string of the molecule is C1CNC1.COc1ccc(C)c(C(=O)NC2(c3cc(-c4cnc(C)o4)cc4ncccc34)CC2)c1. The number of oxazole rings is 1. The van der Waals surface area contributed by atoms with Gasteiger partial charge in [0.05, 0.1) is 24.4 Å². The van der Waals surface area contributed by atoms with E-state index in [9.17, 15) is 4.79 Å². The van der Waals surface area contributed by atoms with Gasteiger partial charge in [-0.2, -0.15) is 0 Å². The second kappa shape index (κ2) is 9.50. The number of amides is 1. The average molecular weight is 471 g/mol. The zero-order valence-electron chi connectivity index (χ0n) is 20.4. The topological polar surface area (TPSA) is 89.3 Å². The number of carbonyl (C=O) groups is 1. The third-order valence-corrected chi connectivity index (χ3v) is 6.64. The highest BCUT2D eigenvalue weighted by Gasteiger charge is 2.47. The van der Waals surface area contributed by atoms with Crippen molar-refractivity contribution < 1.29 is 13.9 Å². The minimum atomic E-state index is -0.432. The summed E-state index contributed by atoms with van der Waals surface area (Å²) >= 11 is 0. The molecule has 7 heteroatoms. The van der Waals surface area contributed by atoms with E-state index < -0.39 is 5.54 Å². The van der Waals surface area contributed by atoms with Crippen LogP contribution in [0, 0.1) is 13.8 Å². The molecule has 7 nitrogen and oxygen atoms in total. The number of nitrogens with one attached hydrogen (secondary N) is 2. The first-order valence-corrected chi connectivity index (χ1v) is 12.0. The summed E-state index contributed by atoms with van der Waals surface area (Å²) in [7, 11) is 1.60. The van der Waals surface area contributed by atoms with Crippen molar-refractivity contribution in [2.75, 3.05) is 20.2 Å². The normalized spacial score (nSPS) is 15.5. The lowest BCUT2D eigenvalue weighted by Gasteiger charge is -2.21. The Labute approximate surface area is 204 Å². The number of pyridine rings is 1. The van der Waals surface area contributed by atoms with Crippen LogP contribution in [0.25, 0.3) is 22.2 Å². The van der Waals surface area contributed by atoms with Gasteiger partial charge in [-0.3, -0.25) is 9.78 Å². The van der Waals surface area contributed by atoms with Crippen LogP contribution >= 0.6 is 0 Å². The lowest BCUT2D eigenvalue weighted by Crippen LogP contribution is -2.35. The van der Waals surface area contributed by atoms with E-state index in [1.165, 1.54) is 19.5 Å². The van der Waals surface area contributed by atoms with Crippen LogP contribution < -0.4 is 15.4 Å². The molecule has 35 heavy (non-hydrogen) atoms. The molecule has 2 fully saturated rings. The molecule has 1 amide bonds. The highest BCUT2D eigenvalue weighted by atomic mass is 16.5. The number of rotatable bonds is 5. The molecule has 3 heterocycles. The number of hydrogen-bond acceptors (Lipinski definition) is 6. The fraction of sp³-hybridized carbons (Fsp3) is 0.321. The number of nitrogens with zero attached hydrogens (tertiary/aromatic N) is 2. The lowest BCUT2D eigenvalue weighted by atomic mass is 9.95. The summed E-state index contributed by atoms with van der Waals surface area (Å²) < 4.78 is 11.1. The first-order valence-electron chi connectivity index (χ1n) is 12.0. The molecule has 0 spiro atoms. The van der Waals surface area contributed by atoms with Crippen molar-refractivity contribution in [3.8, 4) is 17.1 Å². The predicted molar refractivity (Wildman–Crippen MR) is 136 cm³/mol. The maximum absolute atomic E-state index is 13.2. The Morgan fingerprint density at radius 1 is 1.11 bits per heavy atom. The summed E-state index contributed by atoms with van der Waals surface area (Å²) in [5, 5.41) is 7.44. The molecule has 1 saturated heterocycles. The minimum Gasteiger partial charge on any atom is -0.497 e. The van der Waals surface area contributed by atoms with E-state index in [0.717, 1.165) is 40.4 Å². The smallest absolute Gasteiger partial charge is 0.252 e. The van der Waals surface area contributed by atoms with Crippen LogP contribution in [0.4, 0.5) is 0 Å². The number of hydrogen-bond donors (Lipinski definition) is 2. The molecule has 1 aliphatic heterocycles. The van der Waals surface area contributed by atoms with E-state index >= 15 is 0 Å². The summed E-state index contributed by atoms with van der Waals surface area (Å²) in [4.78, 5) is 22.0. The summed E-state index contributed by atoms with van der Waals surface area (Å²) in [6.45, 7) is 6.25. The Morgan fingerprint density at radius 3 is 2.51 bits per heavy atom. The zero-order chi connectivity index (χ0) is 24.4. The number of ether oxygens (including phenoxy) is 1. The summed E-state index contributed by atoms with van der Waals surface area (Å²) in [6, 6.07) is 13.6. The Balaban J connectivity index is 0.000000577. The second-order valence-corrected chi connectivity index (χ2v) is 9.16. The molecule has 180 valence electrons. The van der Waals surface area contributed by atoms with Gasteiger partial charge in [0.2, 0.25) is 0 Å². The van der Waals surface area contributed by atoms with Crippen LogP contribution in [0.1, 0.15) is 46.6 Å². The van der Waals surface area contributed by atoms with Gasteiger partial charge in [-0.15, -0.1) is 0 Å². The van der Waals surface area contributed by atoms with Crippen molar-refractivity contribution in [2.24, 2.45) is 0 Å². The third-order valence-electron chi connectivity index (χ3n) is 6.64. The Hall–Kier alpha value is -3.71. The molecule has 0 radical (unpaired) electrons. The molecular formula is C28H30N4O3. The standard InChI is InChI=1S/C25H23N3O3.C3H7N/c1-15-6-7-18(30-3)13-20(15)24(29)28-25(8-9-25)21-11-17(23-14-27-16(2)31-23)12-22-19(21)5-4-10-26-22;1-2-4-3-1/h4-7,10-14H,8-9H2,1-3H3,(H,28,29);4H,1-3H2. The van der Waals surface area contributed by atoms with Gasteiger partial charge < -0.3 is 19.8 Å². The van der Waals surface area contributed by atoms with Gasteiger partial charge in [0.1, 0.15) is 5.75 Å². The molecule has 0 bridgehead atoms. The number of benzene rings is 2. The number of aryl methyl sites for hydroxylation is 2. The van der Waals surface area contributed by atoms with Crippen LogP contribution in [0.15, 0.2) is 59.3 Å². The largest absolute Gasteiger partial charge is 0.497 e. The number of carbonyl (C=O) groups excluding carboxylic acids is 1. The summed E-state index contributed by atoms with van der Waals surface area (Å²) in [5.41, 5.74) is 3.92. The van der Waals surface area contributed by atoms with E-state index in [-0.39, 0.29) is 5.91 Å². The van der Waals surface area contributed by atoms with Crippen molar-refractivity contribution in [1.82, 2.24) is 20.6 Å². The van der Waals surface area contributed by atoms with Gasteiger partial charge >= 0.3 is 0 Å². The Kier molecular flexibility index (Phi) is 6.26. The molecule has 0 unspecified atom stereocenters. The molecule has 2 N–H and O–H groups in total. The number of fused-ring (bicyclic) bond motifs is 1. The van der Waals surface area contributed by atoms with Crippen LogP contribution in [-0.4, -0.2) is 36.1 Å². The molecule has 6 rings (SSSR count). The van der Waals surface area contributed by atoms with Crippen molar-refractivity contribution in [1.29, 1.82) is 0 Å². The van der Waals surface area contributed by atoms with Gasteiger partial charge in [-0.1, -0.05) is 12.1 Å². The molecular weight excluding hydrogens is 440 g/mol. The maximum Gasteiger partial charge on any atom is 0.252 e. The van der Waals surface area contributed by atoms with Crippen LogP contribution in [0.2, 0.25) is 0 Å². The lowest BCUT2D eigenvalue weighted by molar-refractivity contribution is 0.0930. The highest BCUT2D eigenvalue weighted by Crippen LogP contribution is 2.49. The van der Waals surface area contributed by atoms with E-state index in [1.54, 1.807) is 25.6 Å². The molecule has 1 saturated carbocycles. The molecule has 2 aromatic carbocycles. The molecule has 4 aromatic rings. The maximum atomic E-state index is 13.2. The van der Waals surface area contributed by atoms with Crippen LogP contribution in [0.3, 0.4) is 0 Å². The third kappa shape index (κ3) is 4.77. The van der Waals surface area contributed by atoms with Gasteiger partial charge in [-0.05, 0) is 80.7 Å². The van der Waals surface area contributed by atoms with Crippen molar-refractivity contribution in [3.63, 3.8) is 0 Å². The number of methoxy groups -OCH3 is 1. The second-order valence-electron chi connectivity index (χ2n) is 9.16. The molecule has 0 atom stereocenters. The predicted octanol–water partition coefficient (Wildman–Crippen LogP) is 4.91. The van der Waals surface area contributed by atoms with E-state index in [0.29, 0.717) is 23.0 Å². The van der Waals surface area contributed by atoms with E-state index in [2.05, 4.69) is 32.7 Å². The van der Waals surface area contributed by atoms with E-state index in [1.807, 2.05) is 38.1 Å². The van der Waals surface area contributed by atoms with Gasteiger partial charge in [0.15, 0.2) is 11.7 Å². The van der Waals surface area contributed by atoms with Crippen molar-refractivity contribution >= 4 is 16.8 Å². The fourth-order valence-electron chi connectivity index (χ4n) is 4.24. The molecule has 1 aliphatic carbocycles. The van der Waals surface area contributed by atoms with Gasteiger partial charge in [-0.25, -0.2) is 4.98 Å². The molecule has 2 aliphatic rings. The van der Waals surface area contributed by atoms with Gasteiger partial charge in [0.25, 0.3) is 5.91 Å².